The van der Waals surface area contributed by atoms with Gasteiger partial charge >= 0.3 is 5.97 Å². The number of aliphatic hydroxyl groups is 4. The van der Waals surface area contributed by atoms with Crippen LogP contribution in [-0.4, -0.2) is 78.7 Å². The largest absolute Gasteiger partial charge is 0.506 e. The fraction of sp³-hybridized carbons (Fsp3) is 0.438. The van der Waals surface area contributed by atoms with E-state index in [2.05, 4.69) is 0 Å². The lowest BCUT2D eigenvalue weighted by Crippen LogP contribution is -2.65. The number of carbonyl (C=O) groups is 2. The molecule has 6 N–H and O–H groups in total. The molecule has 0 amide bonds. The summed E-state index contributed by atoms with van der Waals surface area (Å²) in [4.78, 5) is 25.3. The van der Waals surface area contributed by atoms with Crippen LogP contribution in [0.5, 0.6) is 11.5 Å². The third kappa shape index (κ3) is 5.73. The van der Waals surface area contributed by atoms with Crippen LogP contribution < -0.4 is 4.74 Å². The molecule has 10 nitrogen and oxygen atoms in total. The van der Waals surface area contributed by atoms with Gasteiger partial charge in [-0.05, 0) is 54.8 Å². The Kier molecular flexibility index (Phi) is 8.54. The SMILES string of the molecule is Cc1cc2cc(C(=O)O)cc(O[C@H]3O[C@H](C4(O)CCCCC4)[C@@H](O)[C@H](O)[C@H]3O)c2c(O)c1C(=O)CCc1ccccc1. The van der Waals surface area contributed by atoms with E-state index in [4.69, 9.17) is 9.47 Å². The second-order valence-electron chi connectivity index (χ2n) is 11.4. The number of aromatic hydroxyl groups is 1. The molecule has 0 spiro atoms. The van der Waals surface area contributed by atoms with E-state index in [0.29, 0.717) is 37.7 Å². The average molecular weight is 581 g/mol. The summed E-state index contributed by atoms with van der Waals surface area (Å²) in [5, 5.41) is 64.9. The first-order valence-corrected chi connectivity index (χ1v) is 14.2. The third-order valence-corrected chi connectivity index (χ3v) is 8.44. The van der Waals surface area contributed by atoms with Crippen LogP contribution in [0.3, 0.4) is 0 Å². The van der Waals surface area contributed by atoms with Gasteiger partial charge in [-0.2, -0.15) is 0 Å². The minimum atomic E-state index is -1.77. The Morgan fingerprint density at radius 2 is 1.67 bits per heavy atom. The number of Topliss-reactive ketones (excluding diaryl/α,β-unsaturated/α-hetero) is 1. The van der Waals surface area contributed by atoms with Gasteiger partial charge in [0.1, 0.15) is 35.9 Å². The molecule has 1 heterocycles. The van der Waals surface area contributed by atoms with Gasteiger partial charge in [-0.15, -0.1) is 0 Å². The molecule has 1 saturated heterocycles. The van der Waals surface area contributed by atoms with E-state index >= 15 is 0 Å². The van der Waals surface area contributed by atoms with Crippen molar-refractivity contribution in [2.45, 2.75) is 88.2 Å². The molecular formula is C32H36O10. The number of hydrogen-bond acceptors (Lipinski definition) is 9. The number of hydrogen-bond donors (Lipinski definition) is 6. The predicted molar refractivity (Wildman–Crippen MR) is 152 cm³/mol. The highest BCUT2D eigenvalue weighted by Crippen LogP contribution is 2.42. The van der Waals surface area contributed by atoms with Crippen LogP contribution in [0.4, 0.5) is 0 Å². The smallest absolute Gasteiger partial charge is 0.335 e. The van der Waals surface area contributed by atoms with Crippen molar-refractivity contribution in [3.8, 4) is 11.5 Å². The monoisotopic (exact) mass is 580 g/mol. The van der Waals surface area contributed by atoms with Crippen molar-refractivity contribution in [1.29, 1.82) is 0 Å². The number of phenols is 1. The number of carboxylic acids is 1. The van der Waals surface area contributed by atoms with Gasteiger partial charge < -0.3 is 40.1 Å². The van der Waals surface area contributed by atoms with Crippen molar-refractivity contribution in [2.75, 3.05) is 0 Å². The summed E-state index contributed by atoms with van der Waals surface area (Å²) in [6, 6.07) is 13.5. The number of ketones is 1. The minimum absolute atomic E-state index is 0.0259. The Labute approximate surface area is 242 Å². The van der Waals surface area contributed by atoms with Crippen molar-refractivity contribution >= 4 is 22.5 Å². The molecule has 0 radical (unpaired) electrons. The molecule has 0 unspecified atom stereocenters. The summed E-state index contributed by atoms with van der Waals surface area (Å²) < 4.78 is 11.8. The van der Waals surface area contributed by atoms with Crippen LogP contribution in [0, 0.1) is 6.92 Å². The quantitative estimate of drug-likeness (QED) is 0.217. The number of fused-ring (bicyclic) bond motifs is 1. The van der Waals surface area contributed by atoms with E-state index in [1.807, 2.05) is 30.3 Å². The van der Waals surface area contributed by atoms with E-state index in [1.54, 1.807) is 13.0 Å². The first-order chi connectivity index (χ1) is 20.0. The summed E-state index contributed by atoms with van der Waals surface area (Å²) in [5.74, 6) is -2.22. The van der Waals surface area contributed by atoms with Crippen molar-refractivity contribution in [1.82, 2.24) is 0 Å². The number of rotatable bonds is 8. The van der Waals surface area contributed by atoms with Gasteiger partial charge in [0.25, 0.3) is 0 Å². The molecular weight excluding hydrogens is 544 g/mol. The Balaban J connectivity index is 1.53. The minimum Gasteiger partial charge on any atom is -0.506 e. The van der Waals surface area contributed by atoms with Gasteiger partial charge in [-0.3, -0.25) is 4.79 Å². The van der Waals surface area contributed by atoms with E-state index in [0.717, 1.165) is 18.1 Å². The van der Waals surface area contributed by atoms with Crippen molar-refractivity contribution < 1.29 is 49.7 Å². The Bertz CT molecular complexity index is 1460. The lowest BCUT2D eigenvalue weighted by atomic mass is 9.76. The third-order valence-electron chi connectivity index (χ3n) is 8.44. The summed E-state index contributed by atoms with van der Waals surface area (Å²) >= 11 is 0. The maximum atomic E-state index is 13.3. The molecule has 224 valence electrons. The van der Waals surface area contributed by atoms with Gasteiger partial charge in [0.2, 0.25) is 6.29 Å². The highest BCUT2D eigenvalue weighted by Gasteiger charge is 2.53. The number of carbonyl (C=O) groups excluding carboxylic acids is 1. The second kappa shape index (κ2) is 12.0. The summed E-state index contributed by atoms with van der Waals surface area (Å²) in [6.45, 7) is 1.64. The fourth-order valence-electron chi connectivity index (χ4n) is 6.18. The lowest BCUT2D eigenvalue weighted by Gasteiger charge is -2.48. The molecule has 5 atom stereocenters. The molecule has 1 saturated carbocycles. The molecule has 3 aromatic rings. The second-order valence-corrected chi connectivity index (χ2v) is 11.4. The van der Waals surface area contributed by atoms with Crippen molar-refractivity contribution in [3.63, 3.8) is 0 Å². The van der Waals surface area contributed by atoms with E-state index in [1.165, 1.54) is 6.07 Å². The van der Waals surface area contributed by atoms with E-state index < -0.39 is 48.0 Å². The maximum absolute atomic E-state index is 13.3. The highest BCUT2D eigenvalue weighted by molar-refractivity contribution is 6.09. The molecule has 5 rings (SSSR count). The molecule has 42 heavy (non-hydrogen) atoms. The molecule has 2 fully saturated rings. The van der Waals surface area contributed by atoms with Crippen LogP contribution in [-0.2, 0) is 11.2 Å². The average Bonchev–Trinajstić information content (AvgIpc) is 2.96. The fourth-order valence-corrected chi connectivity index (χ4v) is 6.18. The first-order valence-electron chi connectivity index (χ1n) is 14.2. The Morgan fingerprint density at radius 3 is 2.33 bits per heavy atom. The Hall–Kier alpha value is -3.54. The van der Waals surface area contributed by atoms with Crippen LogP contribution in [0.25, 0.3) is 10.8 Å². The molecule has 0 aromatic heterocycles. The normalized spacial score (nSPS) is 25.7. The molecule has 3 aromatic carbocycles. The van der Waals surface area contributed by atoms with E-state index in [9.17, 15) is 40.2 Å². The molecule has 2 aliphatic rings. The highest BCUT2D eigenvalue weighted by atomic mass is 16.7. The van der Waals surface area contributed by atoms with Crippen molar-refractivity contribution in [3.05, 3.63) is 70.8 Å². The first kappa shape index (κ1) is 29.9. The van der Waals surface area contributed by atoms with Crippen LogP contribution in [0.2, 0.25) is 0 Å². The van der Waals surface area contributed by atoms with Gasteiger partial charge in [0, 0.05) is 6.42 Å². The van der Waals surface area contributed by atoms with E-state index in [-0.39, 0.29) is 39.9 Å². The number of ether oxygens (including phenoxy) is 2. The predicted octanol–water partition coefficient (Wildman–Crippen LogP) is 3.25. The molecule has 1 aliphatic heterocycles. The van der Waals surface area contributed by atoms with Gasteiger partial charge in [-0.1, -0.05) is 55.7 Å². The Morgan fingerprint density at radius 1 is 0.976 bits per heavy atom. The van der Waals surface area contributed by atoms with Gasteiger partial charge in [0.15, 0.2) is 5.78 Å². The summed E-state index contributed by atoms with van der Waals surface area (Å²) in [6.07, 6.45) is -4.57. The maximum Gasteiger partial charge on any atom is 0.335 e. The zero-order valence-electron chi connectivity index (χ0n) is 23.3. The van der Waals surface area contributed by atoms with Gasteiger partial charge in [0.05, 0.1) is 22.1 Å². The standard InChI is InChI=1S/C32H36O10/c1-17-14-19-15-20(30(38)39)16-22(24(19)25(34)23(17)21(33)11-10-18-8-4-2-5-9-18)41-31-28(37)26(35)27(36)29(42-31)32(40)12-6-3-7-13-32/h2,4-5,8-9,14-16,26-29,31,34-37,40H,3,6-7,10-13H2,1H3,(H,38,39)/t26-,27-,28+,29-,31-/m0/s1. The number of phenolic OH excluding ortho intramolecular Hbond substituents is 1. The van der Waals surface area contributed by atoms with Crippen molar-refractivity contribution in [2.24, 2.45) is 0 Å². The molecule has 1 aliphatic carbocycles. The number of aryl methyl sites for hydroxylation is 2. The zero-order valence-corrected chi connectivity index (χ0v) is 23.3. The topological polar surface area (TPSA) is 174 Å². The number of carboxylic acid groups (broad SMARTS) is 1. The zero-order chi connectivity index (χ0) is 30.2. The molecule has 10 heteroatoms. The number of benzene rings is 3. The van der Waals surface area contributed by atoms with Crippen LogP contribution in [0.15, 0.2) is 48.5 Å². The lowest BCUT2D eigenvalue weighted by molar-refractivity contribution is -0.308. The molecule has 0 bridgehead atoms. The number of aromatic carboxylic acids is 1. The number of aliphatic hydroxyl groups excluding tert-OH is 3. The summed E-state index contributed by atoms with van der Waals surface area (Å²) in [7, 11) is 0. The summed E-state index contributed by atoms with van der Waals surface area (Å²) in [5.41, 5.74) is -0.201. The van der Waals surface area contributed by atoms with Crippen LogP contribution >= 0.6 is 0 Å². The van der Waals surface area contributed by atoms with Crippen LogP contribution in [0.1, 0.15) is 70.4 Å². The van der Waals surface area contributed by atoms with Gasteiger partial charge in [-0.25, -0.2) is 4.79 Å².